The first-order chi connectivity index (χ1) is 26.9. The molecule has 0 heterocycles. The van der Waals surface area contributed by atoms with Crippen LogP contribution in [0.5, 0.6) is 0 Å². The monoisotopic (exact) mass is 810 g/mol. The first-order valence-electron chi connectivity index (χ1n) is 21.6. The van der Waals surface area contributed by atoms with Gasteiger partial charge in [0.15, 0.2) is 6.10 Å². The quantitative estimate of drug-likeness (QED) is 0.0162. The van der Waals surface area contributed by atoms with Crippen molar-refractivity contribution < 1.29 is 47.2 Å². The highest BCUT2D eigenvalue weighted by atomic mass is 31.2. The number of allylic oxidation sites excluding steroid dienone is 9. The molecule has 0 fully saturated rings. The first-order valence-corrected chi connectivity index (χ1v) is 23.1. The highest BCUT2D eigenvalue weighted by molar-refractivity contribution is 7.45. The number of hydrogen-bond donors (Lipinski definition) is 1. The zero-order valence-electron chi connectivity index (χ0n) is 35.9. The van der Waals surface area contributed by atoms with E-state index >= 15 is 0 Å². The molecular weight excluding hydrogens is 729 g/mol. The van der Waals surface area contributed by atoms with Gasteiger partial charge < -0.3 is 33.0 Å². The van der Waals surface area contributed by atoms with E-state index in [-0.39, 0.29) is 32.2 Å². The van der Waals surface area contributed by atoms with Crippen LogP contribution in [0.4, 0.5) is 0 Å². The molecule has 10 nitrogen and oxygen atoms in total. The van der Waals surface area contributed by atoms with E-state index in [9.17, 15) is 24.2 Å². The van der Waals surface area contributed by atoms with Gasteiger partial charge in [0.1, 0.15) is 19.8 Å². The summed E-state index contributed by atoms with van der Waals surface area (Å²) in [6, 6.07) is 0. The molecule has 3 atom stereocenters. The zero-order valence-corrected chi connectivity index (χ0v) is 36.8. The van der Waals surface area contributed by atoms with Gasteiger partial charge in [0.05, 0.1) is 33.9 Å². The van der Waals surface area contributed by atoms with Crippen molar-refractivity contribution in [2.45, 2.75) is 167 Å². The topological polar surface area (TPSA) is 131 Å². The Balaban J connectivity index is 4.48. The van der Waals surface area contributed by atoms with Crippen molar-refractivity contribution in [3.05, 3.63) is 60.8 Å². The van der Waals surface area contributed by atoms with Gasteiger partial charge in [-0.2, -0.15) is 0 Å². The van der Waals surface area contributed by atoms with Gasteiger partial charge in [-0.05, 0) is 44.9 Å². The van der Waals surface area contributed by atoms with Crippen LogP contribution in [0.3, 0.4) is 0 Å². The summed E-state index contributed by atoms with van der Waals surface area (Å²) in [4.78, 5) is 37.5. The van der Waals surface area contributed by atoms with Crippen LogP contribution in [0.2, 0.25) is 0 Å². The first kappa shape index (κ1) is 53.7. The van der Waals surface area contributed by atoms with Crippen LogP contribution in [0, 0.1) is 0 Å². The minimum Gasteiger partial charge on any atom is -0.756 e. The molecule has 0 spiro atoms. The standard InChI is InChI=1S/C45H80NO9P/c1-6-8-9-10-11-12-13-14-18-22-25-28-31-34-37-45(49)55-43(41-54-56(50,51)53-39-38-46(3,4)5)40-52-44(48)36-33-30-27-24-21-19-16-15-17-20-23-26-29-32-35-42(47)7-2/h16-17,19-20,24,26-27,29,32,35,42-43,47H,6-15,18,21-23,25,28,30-31,33-34,36-41H2,1-5H3/b19-16-,20-17-,27-24-,29-26-,35-32+/t42-,43+/m0/s1. The minimum atomic E-state index is -4.64. The fraction of sp³-hybridized carbons (Fsp3) is 0.733. The maximum absolute atomic E-state index is 12.7. The number of hydrogen-bond acceptors (Lipinski definition) is 9. The van der Waals surface area contributed by atoms with E-state index in [0.717, 1.165) is 38.5 Å². The smallest absolute Gasteiger partial charge is 0.306 e. The van der Waals surface area contributed by atoms with Crippen molar-refractivity contribution in [3.8, 4) is 0 Å². The second-order valence-corrected chi connectivity index (χ2v) is 16.9. The van der Waals surface area contributed by atoms with Gasteiger partial charge in [-0.3, -0.25) is 14.2 Å². The fourth-order valence-electron chi connectivity index (χ4n) is 5.41. The second-order valence-electron chi connectivity index (χ2n) is 15.5. The van der Waals surface area contributed by atoms with E-state index in [1.807, 2.05) is 52.4 Å². The molecule has 0 aliphatic heterocycles. The summed E-state index contributed by atoms with van der Waals surface area (Å²) in [5, 5.41) is 9.47. The lowest BCUT2D eigenvalue weighted by molar-refractivity contribution is -0.870. The Kier molecular flexibility index (Phi) is 35.4. The Morgan fingerprint density at radius 3 is 1.73 bits per heavy atom. The third-order valence-corrected chi connectivity index (χ3v) is 9.92. The Morgan fingerprint density at radius 2 is 1.18 bits per heavy atom. The molecule has 0 saturated heterocycles. The molecule has 0 radical (unpaired) electrons. The van der Waals surface area contributed by atoms with Crippen molar-refractivity contribution in [1.29, 1.82) is 0 Å². The molecule has 1 N–H and O–H groups in total. The summed E-state index contributed by atoms with van der Waals surface area (Å²) in [6.07, 6.45) is 40.6. The lowest BCUT2D eigenvalue weighted by Crippen LogP contribution is -2.37. The molecule has 0 bridgehead atoms. The molecule has 0 aliphatic rings. The largest absolute Gasteiger partial charge is 0.756 e. The Hall–Kier alpha value is -2.33. The number of aliphatic hydroxyl groups is 1. The number of esters is 2. The van der Waals surface area contributed by atoms with Gasteiger partial charge in [0.2, 0.25) is 0 Å². The second kappa shape index (κ2) is 37.0. The van der Waals surface area contributed by atoms with Crippen LogP contribution in [0.25, 0.3) is 0 Å². The summed E-state index contributed by atoms with van der Waals surface area (Å²) in [7, 11) is 1.11. The predicted octanol–water partition coefficient (Wildman–Crippen LogP) is 10.4. The SMILES string of the molecule is CCCCCCCCCCCCCCCCC(=O)O[C@H](COC(=O)CCC/C=C\C/C=C\C/C=C\C/C=C\C=C\[C@@H](O)CC)COP(=O)([O-])OCC[N+](C)(C)C. The number of aliphatic hydroxyl groups excluding tert-OH is 1. The number of ether oxygens (including phenoxy) is 2. The van der Waals surface area contributed by atoms with Crippen molar-refractivity contribution in [2.75, 3.05) is 47.5 Å². The van der Waals surface area contributed by atoms with Gasteiger partial charge in [0, 0.05) is 12.8 Å². The van der Waals surface area contributed by atoms with Crippen LogP contribution in [0.15, 0.2) is 60.8 Å². The number of carbonyl (C=O) groups is 2. The van der Waals surface area contributed by atoms with Crippen molar-refractivity contribution in [2.24, 2.45) is 0 Å². The molecule has 0 saturated carbocycles. The van der Waals surface area contributed by atoms with Gasteiger partial charge in [-0.25, -0.2) is 0 Å². The maximum atomic E-state index is 12.7. The predicted molar refractivity (Wildman–Crippen MR) is 228 cm³/mol. The molecule has 0 rings (SSSR count). The van der Waals surface area contributed by atoms with E-state index < -0.39 is 32.5 Å². The molecule has 0 aromatic carbocycles. The minimum absolute atomic E-state index is 0.0470. The molecule has 0 aliphatic carbocycles. The molecule has 0 aromatic rings. The molecule has 324 valence electrons. The lowest BCUT2D eigenvalue weighted by Gasteiger charge is -2.28. The Morgan fingerprint density at radius 1 is 0.661 bits per heavy atom. The normalized spacial score (nSPS) is 14.8. The molecule has 11 heteroatoms. The van der Waals surface area contributed by atoms with Gasteiger partial charge >= 0.3 is 11.9 Å². The summed E-state index contributed by atoms with van der Waals surface area (Å²) < 4.78 is 33.8. The number of unbranched alkanes of at least 4 members (excludes halogenated alkanes) is 14. The Bertz CT molecular complexity index is 1160. The molecule has 56 heavy (non-hydrogen) atoms. The maximum Gasteiger partial charge on any atom is 0.306 e. The lowest BCUT2D eigenvalue weighted by atomic mass is 10.0. The Labute approximate surface area is 341 Å². The van der Waals surface area contributed by atoms with Gasteiger partial charge in [-0.1, -0.05) is 158 Å². The highest BCUT2D eigenvalue weighted by Gasteiger charge is 2.21. The van der Waals surface area contributed by atoms with Crippen LogP contribution in [-0.4, -0.2) is 81.2 Å². The van der Waals surface area contributed by atoms with Crippen molar-refractivity contribution in [1.82, 2.24) is 0 Å². The summed E-state index contributed by atoms with van der Waals surface area (Å²) in [5.41, 5.74) is 0. The molecule has 0 aromatic heterocycles. The van der Waals surface area contributed by atoms with Crippen LogP contribution in [-0.2, 0) is 32.7 Å². The van der Waals surface area contributed by atoms with Crippen LogP contribution < -0.4 is 4.89 Å². The fourth-order valence-corrected chi connectivity index (χ4v) is 6.13. The van der Waals surface area contributed by atoms with E-state index in [2.05, 4.69) is 37.3 Å². The number of rotatable bonds is 38. The van der Waals surface area contributed by atoms with E-state index in [0.29, 0.717) is 36.7 Å². The highest BCUT2D eigenvalue weighted by Crippen LogP contribution is 2.38. The molecular formula is C45H80NO9P. The van der Waals surface area contributed by atoms with Crippen LogP contribution >= 0.6 is 7.82 Å². The van der Waals surface area contributed by atoms with Crippen molar-refractivity contribution in [3.63, 3.8) is 0 Å². The number of phosphoric acid groups is 1. The zero-order chi connectivity index (χ0) is 41.6. The summed E-state index contributed by atoms with van der Waals surface area (Å²) >= 11 is 0. The number of carbonyl (C=O) groups excluding carboxylic acids is 2. The summed E-state index contributed by atoms with van der Waals surface area (Å²) in [5.74, 6) is -0.923. The molecule has 1 unspecified atom stereocenters. The number of likely N-dealkylation sites (N-methyl/N-ethyl adjacent to an activating group) is 1. The van der Waals surface area contributed by atoms with E-state index in [1.54, 1.807) is 6.08 Å². The van der Waals surface area contributed by atoms with Crippen molar-refractivity contribution >= 4 is 19.8 Å². The number of quaternary nitrogens is 1. The average molecular weight is 810 g/mol. The number of nitrogens with zero attached hydrogens (tertiary/aromatic N) is 1. The van der Waals surface area contributed by atoms with Gasteiger partial charge in [0.25, 0.3) is 7.82 Å². The average Bonchev–Trinajstić information content (AvgIpc) is 3.15. The molecule has 0 amide bonds. The number of phosphoric ester groups is 1. The third kappa shape index (κ3) is 39.9. The van der Waals surface area contributed by atoms with Crippen LogP contribution in [0.1, 0.15) is 155 Å². The van der Waals surface area contributed by atoms with Gasteiger partial charge in [-0.15, -0.1) is 0 Å². The van der Waals surface area contributed by atoms with E-state index in [1.165, 1.54) is 64.2 Å². The third-order valence-electron chi connectivity index (χ3n) is 8.96. The van der Waals surface area contributed by atoms with E-state index in [4.69, 9.17) is 18.5 Å². The summed E-state index contributed by atoms with van der Waals surface area (Å²) in [6.45, 7) is 3.81.